The lowest BCUT2D eigenvalue weighted by atomic mass is 10.2. The Labute approximate surface area is 159 Å². The molecule has 2 aliphatic rings. The Balaban J connectivity index is 1.44. The zero-order valence-corrected chi connectivity index (χ0v) is 15.0. The van der Waals surface area contributed by atoms with Crippen molar-refractivity contribution in [3.63, 3.8) is 0 Å². The number of pyridine rings is 1. The van der Waals surface area contributed by atoms with Crippen molar-refractivity contribution in [2.45, 2.75) is 19.0 Å². The summed E-state index contributed by atoms with van der Waals surface area (Å²) < 4.78 is 37.8. The summed E-state index contributed by atoms with van der Waals surface area (Å²) in [7, 11) is 0. The Hall–Kier alpha value is -2.85. The van der Waals surface area contributed by atoms with E-state index in [1.54, 1.807) is 4.90 Å². The fourth-order valence-electron chi connectivity index (χ4n) is 3.15. The minimum Gasteiger partial charge on any atom is -0.353 e. The smallest absolute Gasteiger partial charge is 0.353 e. The maximum atomic E-state index is 12.6. The topological polar surface area (TPSA) is 85.8 Å². The number of halogens is 3. The summed E-state index contributed by atoms with van der Waals surface area (Å²) in [4.78, 5) is 43.7. The number of alkyl halides is 3. The van der Waals surface area contributed by atoms with E-state index in [4.69, 9.17) is 0 Å². The molecule has 152 valence electrons. The summed E-state index contributed by atoms with van der Waals surface area (Å²) >= 11 is 0. The van der Waals surface area contributed by atoms with Gasteiger partial charge in [-0.05, 0) is 18.6 Å². The van der Waals surface area contributed by atoms with Crippen molar-refractivity contribution in [1.82, 2.24) is 20.1 Å². The van der Waals surface area contributed by atoms with Crippen LogP contribution in [0.2, 0.25) is 0 Å². The second kappa shape index (κ2) is 8.03. The number of carbonyl (C=O) groups is 3. The van der Waals surface area contributed by atoms with Crippen LogP contribution >= 0.6 is 0 Å². The molecule has 0 unspecified atom stereocenters. The highest BCUT2D eigenvalue weighted by Gasteiger charge is 2.31. The third-order valence-electron chi connectivity index (χ3n) is 4.74. The van der Waals surface area contributed by atoms with Gasteiger partial charge in [0.05, 0.1) is 12.1 Å². The lowest BCUT2D eigenvalue weighted by Gasteiger charge is -2.35. The van der Waals surface area contributed by atoms with Crippen LogP contribution in [0.5, 0.6) is 0 Å². The second-order valence-corrected chi connectivity index (χ2v) is 6.58. The van der Waals surface area contributed by atoms with Gasteiger partial charge in [0.15, 0.2) is 0 Å². The highest BCUT2D eigenvalue weighted by molar-refractivity contribution is 6.01. The Morgan fingerprint density at radius 2 is 1.86 bits per heavy atom. The van der Waals surface area contributed by atoms with Crippen LogP contribution in [0.25, 0.3) is 0 Å². The Morgan fingerprint density at radius 3 is 2.39 bits per heavy atom. The number of amides is 4. The minimum atomic E-state index is -4.42. The summed E-state index contributed by atoms with van der Waals surface area (Å²) in [6.07, 6.45) is -3.01. The van der Waals surface area contributed by atoms with E-state index in [1.165, 1.54) is 6.07 Å². The van der Waals surface area contributed by atoms with E-state index in [0.717, 1.165) is 17.2 Å². The average Bonchev–Trinajstić information content (AvgIpc) is 2.99. The van der Waals surface area contributed by atoms with Crippen molar-refractivity contribution >= 4 is 23.7 Å². The predicted octanol–water partition coefficient (Wildman–Crippen LogP) is 1.08. The van der Waals surface area contributed by atoms with Gasteiger partial charge in [0.2, 0.25) is 11.8 Å². The molecule has 1 N–H and O–H groups in total. The van der Waals surface area contributed by atoms with Crippen molar-refractivity contribution in [2.24, 2.45) is 0 Å². The van der Waals surface area contributed by atoms with Crippen molar-refractivity contribution in [2.75, 3.05) is 44.2 Å². The maximum Gasteiger partial charge on any atom is 0.417 e. The highest BCUT2D eigenvalue weighted by Crippen LogP contribution is 2.29. The molecule has 28 heavy (non-hydrogen) atoms. The molecule has 1 aromatic heterocycles. The number of carbonyl (C=O) groups excluding carboxylic acids is 3. The number of piperazine rings is 1. The fraction of sp³-hybridized carbons (Fsp3) is 0.529. The van der Waals surface area contributed by atoms with Crippen LogP contribution < -0.4 is 10.2 Å². The number of urea groups is 1. The van der Waals surface area contributed by atoms with Crippen molar-refractivity contribution < 1.29 is 27.6 Å². The third-order valence-corrected chi connectivity index (χ3v) is 4.74. The van der Waals surface area contributed by atoms with E-state index < -0.39 is 17.8 Å². The van der Waals surface area contributed by atoms with Crippen LogP contribution in [0, 0.1) is 0 Å². The summed E-state index contributed by atoms with van der Waals surface area (Å²) in [6, 6.07) is 1.89. The van der Waals surface area contributed by atoms with E-state index in [0.29, 0.717) is 38.4 Å². The first-order valence-corrected chi connectivity index (χ1v) is 8.90. The SMILES string of the molecule is O=C(CCCN1C(=O)CNC1=O)N1CCN(c2ccc(C(F)(F)F)cn2)CC1. The van der Waals surface area contributed by atoms with E-state index in [1.807, 2.05) is 4.90 Å². The van der Waals surface area contributed by atoms with E-state index in [2.05, 4.69) is 10.3 Å². The fourth-order valence-corrected chi connectivity index (χ4v) is 3.15. The molecule has 2 aliphatic heterocycles. The van der Waals surface area contributed by atoms with E-state index >= 15 is 0 Å². The van der Waals surface area contributed by atoms with Crippen LogP contribution in [0.3, 0.4) is 0 Å². The first-order valence-electron chi connectivity index (χ1n) is 8.90. The maximum absolute atomic E-state index is 12.6. The molecule has 0 aliphatic carbocycles. The first-order chi connectivity index (χ1) is 13.3. The number of hydrogen-bond acceptors (Lipinski definition) is 5. The lowest BCUT2D eigenvalue weighted by molar-refractivity contribution is -0.138. The summed E-state index contributed by atoms with van der Waals surface area (Å²) in [5.74, 6) is 0.0702. The molecule has 0 spiro atoms. The zero-order chi connectivity index (χ0) is 20.3. The first kappa shape index (κ1) is 19.9. The molecule has 1 aromatic rings. The number of nitrogens with one attached hydrogen (secondary N) is 1. The van der Waals surface area contributed by atoms with Crippen LogP contribution in [-0.4, -0.2) is 71.9 Å². The Kier molecular flexibility index (Phi) is 5.71. The molecule has 4 amide bonds. The van der Waals surface area contributed by atoms with Gasteiger partial charge in [-0.1, -0.05) is 0 Å². The van der Waals surface area contributed by atoms with Gasteiger partial charge in [-0.15, -0.1) is 0 Å². The standard InChI is InChI=1S/C17H20F3N5O3/c18-17(19,20)12-3-4-13(21-10-12)23-6-8-24(9-7-23)14(26)2-1-5-25-15(27)11-22-16(25)28/h3-4,10H,1-2,5-9,11H2,(H,22,28). The molecular weight excluding hydrogens is 379 g/mol. The molecule has 0 radical (unpaired) electrons. The monoisotopic (exact) mass is 399 g/mol. The summed E-state index contributed by atoms with van der Waals surface area (Å²) in [5.41, 5.74) is -0.796. The molecule has 0 bridgehead atoms. The molecule has 8 nitrogen and oxygen atoms in total. The number of nitrogens with zero attached hydrogens (tertiary/aromatic N) is 4. The minimum absolute atomic E-state index is 0.00722. The highest BCUT2D eigenvalue weighted by atomic mass is 19.4. The molecule has 3 heterocycles. The quantitative estimate of drug-likeness (QED) is 0.749. The van der Waals surface area contributed by atoms with E-state index in [-0.39, 0.29) is 31.3 Å². The van der Waals surface area contributed by atoms with Crippen LogP contribution in [0.4, 0.5) is 23.8 Å². The molecule has 0 atom stereocenters. The van der Waals surface area contributed by atoms with Gasteiger partial charge >= 0.3 is 12.2 Å². The van der Waals surface area contributed by atoms with Gasteiger partial charge < -0.3 is 15.1 Å². The molecule has 2 fully saturated rings. The molecule has 2 saturated heterocycles. The van der Waals surface area contributed by atoms with Gasteiger partial charge in [-0.2, -0.15) is 13.2 Å². The number of hydrogen-bond donors (Lipinski definition) is 1. The van der Waals surface area contributed by atoms with Gasteiger partial charge in [0.25, 0.3) is 0 Å². The van der Waals surface area contributed by atoms with Crippen molar-refractivity contribution in [3.8, 4) is 0 Å². The Bertz CT molecular complexity index is 729. The number of imide groups is 1. The molecule has 11 heteroatoms. The average molecular weight is 399 g/mol. The Morgan fingerprint density at radius 1 is 1.14 bits per heavy atom. The van der Waals surface area contributed by atoms with Gasteiger partial charge in [-0.3, -0.25) is 14.5 Å². The molecular formula is C17H20F3N5O3. The van der Waals surface area contributed by atoms with Gasteiger partial charge in [0.1, 0.15) is 5.82 Å². The molecule has 0 aromatic carbocycles. The van der Waals surface area contributed by atoms with Crippen LogP contribution in [-0.2, 0) is 15.8 Å². The predicted molar refractivity (Wildman–Crippen MR) is 92.4 cm³/mol. The van der Waals surface area contributed by atoms with Gasteiger partial charge in [0, 0.05) is 45.3 Å². The third kappa shape index (κ3) is 4.52. The number of anilines is 1. The molecule has 0 saturated carbocycles. The van der Waals surface area contributed by atoms with E-state index in [9.17, 15) is 27.6 Å². The second-order valence-electron chi connectivity index (χ2n) is 6.58. The van der Waals surface area contributed by atoms with Crippen molar-refractivity contribution in [3.05, 3.63) is 23.9 Å². The van der Waals surface area contributed by atoms with Crippen molar-refractivity contribution in [1.29, 1.82) is 0 Å². The lowest BCUT2D eigenvalue weighted by Crippen LogP contribution is -2.49. The summed E-state index contributed by atoms with van der Waals surface area (Å²) in [5, 5.41) is 2.42. The zero-order valence-electron chi connectivity index (χ0n) is 15.0. The summed E-state index contributed by atoms with van der Waals surface area (Å²) in [6.45, 7) is 2.00. The largest absolute Gasteiger partial charge is 0.417 e. The van der Waals surface area contributed by atoms with Crippen LogP contribution in [0.15, 0.2) is 18.3 Å². The number of aromatic nitrogens is 1. The number of rotatable bonds is 5. The van der Waals surface area contributed by atoms with Gasteiger partial charge in [-0.25, -0.2) is 9.78 Å². The van der Waals surface area contributed by atoms with Crippen LogP contribution in [0.1, 0.15) is 18.4 Å². The molecule has 3 rings (SSSR count). The normalized spacial score (nSPS) is 17.9.